The number of nitrogens with one attached hydrogen (secondary N) is 1. The smallest absolute Gasteiger partial charge is 0.340 e. The Kier molecular flexibility index (Phi) is 4.18. The first kappa shape index (κ1) is 14.5. The highest BCUT2D eigenvalue weighted by Gasteiger charge is 2.19. The maximum Gasteiger partial charge on any atom is 0.340 e. The topological polar surface area (TPSA) is 97.7 Å². The van der Waals surface area contributed by atoms with E-state index in [9.17, 15) is 9.59 Å². The van der Waals surface area contributed by atoms with Crippen molar-refractivity contribution in [3.8, 4) is 0 Å². The predicted octanol–water partition coefficient (Wildman–Crippen LogP) is 1.53. The van der Waals surface area contributed by atoms with Crippen LogP contribution in [0.25, 0.3) is 5.52 Å². The Morgan fingerprint density at radius 2 is 2.14 bits per heavy atom. The molecule has 0 aromatic carbocycles. The van der Waals surface area contributed by atoms with E-state index in [-0.39, 0.29) is 17.9 Å². The minimum atomic E-state index is -0.654. The molecule has 0 saturated carbocycles. The van der Waals surface area contributed by atoms with Crippen LogP contribution in [0.15, 0.2) is 42.6 Å². The summed E-state index contributed by atoms with van der Waals surface area (Å²) in [6.45, 7) is 1.96. The summed E-state index contributed by atoms with van der Waals surface area (Å²) in [7, 11) is 0. The van der Waals surface area contributed by atoms with E-state index < -0.39 is 11.9 Å². The van der Waals surface area contributed by atoms with Crippen molar-refractivity contribution in [3.05, 3.63) is 53.9 Å². The van der Waals surface area contributed by atoms with Crippen LogP contribution in [0.3, 0.4) is 0 Å². The largest absolute Gasteiger partial charge is 0.462 e. The van der Waals surface area contributed by atoms with Crippen molar-refractivity contribution in [2.24, 2.45) is 5.73 Å². The Morgan fingerprint density at radius 3 is 2.81 bits per heavy atom. The van der Waals surface area contributed by atoms with E-state index >= 15 is 0 Å². The van der Waals surface area contributed by atoms with Crippen LogP contribution in [0, 0.1) is 5.41 Å². The number of rotatable bonds is 5. The SMILES string of the molecule is CCOC(=O)c1cc2ccccn2c1C(=N)/C=C\C(N)=O. The molecule has 0 radical (unpaired) electrons. The number of allylic oxidation sites excluding steroid dienone is 1. The summed E-state index contributed by atoms with van der Waals surface area (Å²) in [5, 5.41) is 8.06. The maximum atomic E-state index is 12.0. The molecule has 0 aliphatic carbocycles. The summed E-state index contributed by atoms with van der Waals surface area (Å²) in [5.41, 5.74) is 6.43. The van der Waals surface area contributed by atoms with Gasteiger partial charge in [0.15, 0.2) is 0 Å². The molecule has 108 valence electrons. The van der Waals surface area contributed by atoms with Crippen molar-refractivity contribution in [2.75, 3.05) is 6.61 Å². The number of esters is 1. The van der Waals surface area contributed by atoms with E-state index in [2.05, 4.69) is 0 Å². The molecule has 2 heterocycles. The zero-order valence-electron chi connectivity index (χ0n) is 11.5. The Morgan fingerprint density at radius 1 is 1.38 bits per heavy atom. The number of hydrogen-bond donors (Lipinski definition) is 2. The van der Waals surface area contributed by atoms with Crippen LogP contribution in [0.5, 0.6) is 0 Å². The number of carbonyl (C=O) groups is 2. The molecule has 2 aromatic heterocycles. The van der Waals surface area contributed by atoms with E-state index in [1.165, 1.54) is 6.08 Å². The molecular formula is C15H15N3O3. The molecule has 21 heavy (non-hydrogen) atoms. The molecule has 3 N–H and O–H groups in total. The van der Waals surface area contributed by atoms with Crippen LogP contribution >= 0.6 is 0 Å². The van der Waals surface area contributed by atoms with Crippen LogP contribution < -0.4 is 5.73 Å². The van der Waals surface area contributed by atoms with Crippen LogP contribution in [0.4, 0.5) is 0 Å². The van der Waals surface area contributed by atoms with Crippen LogP contribution in [-0.2, 0) is 9.53 Å². The van der Waals surface area contributed by atoms with E-state index in [1.54, 1.807) is 29.7 Å². The number of carbonyl (C=O) groups excluding carboxylic acids is 2. The maximum absolute atomic E-state index is 12.0. The molecule has 0 unspecified atom stereocenters. The van der Waals surface area contributed by atoms with Gasteiger partial charge >= 0.3 is 5.97 Å². The molecule has 0 aliphatic heterocycles. The molecule has 6 nitrogen and oxygen atoms in total. The highest BCUT2D eigenvalue weighted by Crippen LogP contribution is 2.19. The fourth-order valence-electron chi connectivity index (χ4n) is 2.01. The van der Waals surface area contributed by atoms with Gasteiger partial charge in [0, 0.05) is 17.8 Å². The van der Waals surface area contributed by atoms with Gasteiger partial charge in [0.2, 0.25) is 5.91 Å². The first-order chi connectivity index (χ1) is 10.0. The predicted molar refractivity (Wildman–Crippen MR) is 78.5 cm³/mol. The molecule has 0 spiro atoms. The van der Waals surface area contributed by atoms with Crippen molar-refractivity contribution in [1.29, 1.82) is 5.41 Å². The number of aromatic nitrogens is 1. The van der Waals surface area contributed by atoms with Crippen LogP contribution in [-0.4, -0.2) is 28.6 Å². The first-order valence-electron chi connectivity index (χ1n) is 6.38. The Hall–Kier alpha value is -2.89. The van der Waals surface area contributed by atoms with Crippen LogP contribution in [0.2, 0.25) is 0 Å². The number of primary amides is 1. The summed E-state index contributed by atoms with van der Waals surface area (Å²) < 4.78 is 6.70. The van der Waals surface area contributed by atoms with Gasteiger partial charge in [-0.25, -0.2) is 4.79 Å². The van der Waals surface area contributed by atoms with Gasteiger partial charge in [-0.2, -0.15) is 0 Å². The zero-order chi connectivity index (χ0) is 15.4. The van der Waals surface area contributed by atoms with E-state index in [4.69, 9.17) is 15.9 Å². The average Bonchev–Trinajstić information content (AvgIpc) is 2.84. The van der Waals surface area contributed by atoms with Gasteiger partial charge in [-0.3, -0.25) is 10.2 Å². The van der Waals surface area contributed by atoms with E-state index in [0.717, 1.165) is 11.6 Å². The summed E-state index contributed by atoms with van der Waals surface area (Å²) in [6, 6.07) is 7.09. The number of pyridine rings is 1. The monoisotopic (exact) mass is 285 g/mol. The number of nitrogens with zero attached hydrogens (tertiary/aromatic N) is 1. The van der Waals surface area contributed by atoms with Gasteiger partial charge in [-0.1, -0.05) is 6.07 Å². The fraction of sp³-hybridized carbons (Fsp3) is 0.133. The highest BCUT2D eigenvalue weighted by molar-refractivity contribution is 6.14. The number of hydrogen-bond acceptors (Lipinski definition) is 4. The second kappa shape index (κ2) is 6.04. The summed E-state index contributed by atoms with van der Waals surface area (Å²) in [6.07, 6.45) is 4.08. The Labute approximate surface area is 121 Å². The van der Waals surface area contributed by atoms with Crippen molar-refractivity contribution in [1.82, 2.24) is 4.40 Å². The highest BCUT2D eigenvalue weighted by atomic mass is 16.5. The Balaban J connectivity index is 2.57. The van der Waals surface area contributed by atoms with Crippen molar-refractivity contribution in [2.45, 2.75) is 6.92 Å². The molecule has 0 saturated heterocycles. The molecule has 6 heteroatoms. The quantitative estimate of drug-likeness (QED) is 0.495. The lowest BCUT2D eigenvalue weighted by atomic mass is 10.1. The number of nitrogens with two attached hydrogens (primary N) is 1. The molecule has 1 amide bonds. The number of fused-ring (bicyclic) bond motifs is 1. The normalized spacial score (nSPS) is 10.9. The fourth-order valence-corrected chi connectivity index (χ4v) is 2.01. The molecule has 0 aliphatic rings. The zero-order valence-corrected chi connectivity index (χ0v) is 11.5. The van der Waals surface area contributed by atoms with E-state index in [1.807, 2.05) is 12.1 Å². The van der Waals surface area contributed by atoms with Crippen molar-refractivity contribution >= 4 is 23.1 Å². The number of ether oxygens (including phenoxy) is 1. The minimum Gasteiger partial charge on any atom is -0.462 e. The van der Waals surface area contributed by atoms with Crippen molar-refractivity contribution in [3.63, 3.8) is 0 Å². The van der Waals surface area contributed by atoms with Gasteiger partial charge in [0.05, 0.1) is 23.6 Å². The van der Waals surface area contributed by atoms with Gasteiger partial charge in [-0.05, 0) is 31.2 Å². The van der Waals surface area contributed by atoms with Crippen molar-refractivity contribution < 1.29 is 14.3 Å². The first-order valence-corrected chi connectivity index (χ1v) is 6.38. The lowest BCUT2D eigenvalue weighted by Gasteiger charge is -2.05. The molecule has 2 rings (SSSR count). The third kappa shape index (κ3) is 3.00. The molecule has 0 bridgehead atoms. The standard InChI is InChI=1S/C15H15N3O3/c1-2-21-15(20)11-9-10-5-3-4-8-18(10)14(11)12(16)6-7-13(17)19/h3-9,16H,2H2,1H3,(H2,17,19)/b7-6-,16-12?. The molecular weight excluding hydrogens is 270 g/mol. The molecule has 0 atom stereocenters. The van der Waals surface area contributed by atoms with Gasteiger partial charge in [0.25, 0.3) is 0 Å². The third-order valence-corrected chi connectivity index (χ3v) is 2.84. The molecule has 0 fully saturated rings. The van der Waals surface area contributed by atoms with Gasteiger partial charge in [-0.15, -0.1) is 0 Å². The van der Waals surface area contributed by atoms with E-state index in [0.29, 0.717) is 5.69 Å². The molecule has 2 aromatic rings. The number of amides is 1. The Bertz CT molecular complexity index is 744. The van der Waals surface area contributed by atoms with Gasteiger partial charge < -0.3 is 14.9 Å². The second-order valence-electron chi connectivity index (χ2n) is 4.27. The average molecular weight is 285 g/mol. The second-order valence-corrected chi connectivity index (χ2v) is 4.27. The summed E-state index contributed by atoms with van der Waals surface area (Å²) in [5.74, 6) is -1.16. The summed E-state index contributed by atoms with van der Waals surface area (Å²) >= 11 is 0. The lowest BCUT2D eigenvalue weighted by molar-refractivity contribution is -0.113. The minimum absolute atomic E-state index is 0.00283. The van der Waals surface area contributed by atoms with Crippen LogP contribution in [0.1, 0.15) is 23.0 Å². The van der Waals surface area contributed by atoms with Gasteiger partial charge in [0.1, 0.15) is 0 Å². The summed E-state index contributed by atoms with van der Waals surface area (Å²) in [4.78, 5) is 22.8. The third-order valence-electron chi connectivity index (χ3n) is 2.84. The lowest BCUT2D eigenvalue weighted by Crippen LogP contribution is -2.12.